The second-order valence-electron chi connectivity index (χ2n) is 5.82. The van der Waals surface area contributed by atoms with Gasteiger partial charge in [-0.3, -0.25) is 4.79 Å². The maximum absolute atomic E-state index is 12.4. The molecule has 0 aliphatic carbocycles. The van der Waals surface area contributed by atoms with Crippen LogP contribution >= 0.6 is 11.6 Å². The average Bonchev–Trinajstić information content (AvgIpc) is 3.09. The fourth-order valence-corrected chi connectivity index (χ4v) is 3.01. The lowest BCUT2D eigenvalue weighted by molar-refractivity contribution is -0.130. The predicted octanol–water partition coefficient (Wildman–Crippen LogP) is 2.61. The van der Waals surface area contributed by atoms with E-state index in [-0.39, 0.29) is 23.6 Å². The molecule has 1 atom stereocenters. The summed E-state index contributed by atoms with van der Waals surface area (Å²) in [5, 5.41) is 9.70. The highest BCUT2D eigenvalue weighted by Gasteiger charge is 2.28. The van der Waals surface area contributed by atoms with Gasteiger partial charge >= 0.3 is 0 Å². The number of nitriles is 1. The molecule has 1 aliphatic heterocycles. The van der Waals surface area contributed by atoms with Gasteiger partial charge in [0.05, 0.1) is 6.54 Å². The van der Waals surface area contributed by atoms with Gasteiger partial charge in [-0.15, -0.1) is 0 Å². The summed E-state index contributed by atoms with van der Waals surface area (Å²) in [5.41, 5.74) is 1.21. The number of rotatable bonds is 5. The molecule has 0 spiro atoms. The number of aromatic nitrogens is 2. The Balaban J connectivity index is 1.52. The third-order valence-corrected chi connectivity index (χ3v) is 4.30. The van der Waals surface area contributed by atoms with Crippen LogP contribution in [-0.4, -0.2) is 40.0 Å². The Morgan fingerprint density at radius 2 is 2.24 bits per heavy atom. The van der Waals surface area contributed by atoms with Gasteiger partial charge in [-0.05, 0) is 24.1 Å². The molecule has 1 unspecified atom stereocenters. The van der Waals surface area contributed by atoms with E-state index < -0.39 is 0 Å². The Hall–Kier alpha value is -2.65. The topological polar surface area (TPSA) is 79.1 Å². The SMILES string of the molecule is N#Cc1nccnc1OC1CCN(C(=O)CCc2cccc(Cl)c2)C1. The summed E-state index contributed by atoms with van der Waals surface area (Å²) in [4.78, 5) is 22.1. The largest absolute Gasteiger partial charge is 0.470 e. The van der Waals surface area contributed by atoms with Crippen LogP contribution in [0.15, 0.2) is 36.7 Å². The normalized spacial score (nSPS) is 16.5. The molecular weight excluding hydrogens is 340 g/mol. The first-order valence-corrected chi connectivity index (χ1v) is 8.43. The fraction of sp³-hybridized carbons (Fsp3) is 0.333. The quantitative estimate of drug-likeness (QED) is 0.822. The number of nitrogens with zero attached hydrogens (tertiary/aromatic N) is 4. The molecule has 1 amide bonds. The number of ether oxygens (including phenoxy) is 1. The van der Waals surface area contributed by atoms with Crippen LogP contribution in [0, 0.1) is 11.3 Å². The van der Waals surface area contributed by atoms with Crippen molar-refractivity contribution in [2.24, 2.45) is 0 Å². The molecule has 0 bridgehead atoms. The van der Waals surface area contributed by atoms with Crippen LogP contribution < -0.4 is 4.74 Å². The molecule has 6 nitrogen and oxygen atoms in total. The summed E-state index contributed by atoms with van der Waals surface area (Å²) in [7, 11) is 0. The summed E-state index contributed by atoms with van der Waals surface area (Å²) in [6, 6.07) is 9.50. The van der Waals surface area contributed by atoms with Crippen molar-refractivity contribution in [1.29, 1.82) is 5.26 Å². The fourth-order valence-electron chi connectivity index (χ4n) is 2.80. The highest BCUT2D eigenvalue weighted by molar-refractivity contribution is 6.30. The number of amides is 1. The number of hydrogen-bond acceptors (Lipinski definition) is 5. The number of hydrogen-bond donors (Lipinski definition) is 0. The monoisotopic (exact) mass is 356 g/mol. The average molecular weight is 357 g/mol. The molecule has 1 saturated heterocycles. The maximum Gasteiger partial charge on any atom is 0.251 e. The Labute approximate surface area is 151 Å². The highest BCUT2D eigenvalue weighted by atomic mass is 35.5. The van der Waals surface area contributed by atoms with Gasteiger partial charge in [0.1, 0.15) is 12.2 Å². The van der Waals surface area contributed by atoms with Gasteiger partial charge in [0.2, 0.25) is 11.6 Å². The Morgan fingerprint density at radius 1 is 1.40 bits per heavy atom. The molecule has 25 heavy (non-hydrogen) atoms. The van der Waals surface area contributed by atoms with Crippen molar-refractivity contribution in [2.45, 2.75) is 25.4 Å². The Kier molecular flexibility index (Phi) is 5.46. The van der Waals surface area contributed by atoms with E-state index in [4.69, 9.17) is 21.6 Å². The van der Waals surface area contributed by atoms with E-state index in [1.165, 1.54) is 12.4 Å². The molecular formula is C18H17ClN4O2. The van der Waals surface area contributed by atoms with E-state index in [0.717, 1.165) is 5.56 Å². The molecule has 1 aromatic carbocycles. The molecule has 2 heterocycles. The maximum atomic E-state index is 12.4. The van der Waals surface area contributed by atoms with Gasteiger partial charge < -0.3 is 9.64 Å². The molecule has 7 heteroatoms. The van der Waals surface area contributed by atoms with Crippen LogP contribution in [0.5, 0.6) is 5.88 Å². The zero-order valence-corrected chi connectivity index (χ0v) is 14.3. The number of likely N-dealkylation sites (tertiary alicyclic amines) is 1. The molecule has 128 valence electrons. The van der Waals surface area contributed by atoms with Crippen molar-refractivity contribution in [3.8, 4) is 11.9 Å². The minimum absolute atomic E-state index is 0.0886. The van der Waals surface area contributed by atoms with Gasteiger partial charge in [0.15, 0.2) is 0 Å². The lowest BCUT2D eigenvalue weighted by Crippen LogP contribution is -2.31. The Bertz CT molecular complexity index is 806. The first-order valence-electron chi connectivity index (χ1n) is 8.05. The zero-order chi connectivity index (χ0) is 17.6. The summed E-state index contributed by atoms with van der Waals surface area (Å²) < 4.78 is 5.75. The zero-order valence-electron chi connectivity index (χ0n) is 13.6. The molecule has 2 aromatic rings. The van der Waals surface area contributed by atoms with Crippen LogP contribution in [0.2, 0.25) is 5.02 Å². The van der Waals surface area contributed by atoms with E-state index in [1.807, 2.05) is 30.3 Å². The molecule has 0 saturated carbocycles. The van der Waals surface area contributed by atoms with E-state index in [0.29, 0.717) is 37.4 Å². The van der Waals surface area contributed by atoms with Crippen molar-refractivity contribution in [3.05, 3.63) is 52.9 Å². The summed E-state index contributed by atoms with van der Waals surface area (Å²) in [6.07, 6.45) is 4.57. The molecule has 1 aliphatic rings. The third kappa shape index (κ3) is 4.46. The van der Waals surface area contributed by atoms with Crippen molar-refractivity contribution in [1.82, 2.24) is 14.9 Å². The van der Waals surface area contributed by atoms with Crippen LogP contribution in [-0.2, 0) is 11.2 Å². The standard InChI is InChI=1S/C18H17ClN4O2/c19-14-3-1-2-13(10-14)4-5-17(24)23-9-6-15(12-23)25-18-16(11-20)21-7-8-22-18/h1-3,7-8,10,15H,4-6,9,12H2. The van der Waals surface area contributed by atoms with Crippen molar-refractivity contribution in [2.75, 3.05) is 13.1 Å². The minimum atomic E-state index is -0.168. The van der Waals surface area contributed by atoms with E-state index in [1.54, 1.807) is 4.90 Å². The molecule has 0 N–H and O–H groups in total. The highest BCUT2D eigenvalue weighted by Crippen LogP contribution is 2.19. The Morgan fingerprint density at radius 3 is 3.04 bits per heavy atom. The number of halogens is 1. The lowest BCUT2D eigenvalue weighted by atomic mass is 10.1. The van der Waals surface area contributed by atoms with Crippen LogP contribution in [0.3, 0.4) is 0 Å². The molecule has 0 radical (unpaired) electrons. The van der Waals surface area contributed by atoms with Crippen molar-refractivity contribution >= 4 is 17.5 Å². The van der Waals surface area contributed by atoms with E-state index >= 15 is 0 Å². The van der Waals surface area contributed by atoms with E-state index in [2.05, 4.69) is 9.97 Å². The van der Waals surface area contributed by atoms with Crippen LogP contribution in [0.1, 0.15) is 24.1 Å². The molecule has 1 aromatic heterocycles. The number of aryl methyl sites for hydroxylation is 1. The summed E-state index contributed by atoms with van der Waals surface area (Å²) in [6.45, 7) is 1.14. The van der Waals surface area contributed by atoms with Gasteiger partial charge in [0, 0.05) is 36.8 Å². The third-order valence-electron chi connectivity index (χ3n) is 4.06. The van der Waals surface area contributed by atoms with Crippen molar-refractivity contribution in [3.63, 3.8) is 0 Å². The summed E-state index contributed by atoms with van der Waals surface area (Å²) in [5.74, 6) is 0.314. The van der Waals surface area contributed by atoms with Gasteiger partial charge in [-0.25, -0.2) is 9.97 Å². The summed E-state index contributed by atoms with van der Waals surface area (Å²) >= 11 is 5.96. The number of carbonyl (C=O) groups is 1. The number of benzene rings is 1. The molecule has 3 rings (SSSR count). The van der Waals surface area contributed by atoms with Crippen LogP contribution in [0.25, 0.3) is 0 Å². The second-order valence-corrected chi connectivity index (χ2v) is 6.26. The predicted molar refractivity (Wildman–Crippen MR) is 92.1 cm³/mol. The lowest BCUT2D eigenvalue weighted by Gasteiger charge is -2.17. The second kappa shape index (κ2) is 7.95. The first kappa shape index (κ1) is 17.2. The van der Waals surface area contributed by atoms with Gasteiger partial charge in [-0.1, -0.05) is 23.7 Å². The van der Waals surface area contributed by atoms with E-state index in [9.17, 15) is 4.79 Å². The number of carbonyl (C=O) groups excluding carboxylic acids is 1. The van der Waals surface area contributed by atoms with Gasteiger partial charge in [0.25, 0.3) is 5.88 Å². The van der Waals surface area contributed by atoms with Gasteiger partial charge in [-0.2, -0.15) is 5.26 Å². The minimum Gasteiger partial charge on any atom is -0.470 e. The smallest absolute Gasteiger partial charge is 0.251 e. The van der Waals surface area contributed by atoms with Crippen LogP contribution in [0.4, 0.5) is 0 Å². The first-order chi connectivity index (χ1) is 12.2. The van der Waals surface area contributed by atoms with Crippen molar-refractivity contribution < 1.29 is 9.53 Å². The molecule has 1 fully saturated rings.